The normalized spacial score (nSPS) is 15.4. The lowest BCUT2D eigenvalue weighted by molar-refractivity contribution is -0.130. The summed E-state index contributed by atoms with van der Waals surface area (Å²) < 4.78 is 0. The Morgan fingerprint density at radius 3 is 2.48 bits per heavy atom. The number of hydrogen-bond acceptors (Lipinski definition) is 3. The van der Waals surface area contributed by atoms with Gasteiger partial charge in [0.1, 0.15) is 6.04 Å². The van der Waals surface area contributed by atoms with Crippen molar-refractivity contribution in [1.29, 1.82) is 0 Å². The van der Waals surface area contributed by atoms with E-state index in [0.717, 1.165) is 43.4 Å². The monoisotopic (exact) mass is 345 g/mol. The highest BCUT2D eigenvalue weighted by atomic mass is 16.2. The number of anilines is 1. The lowest BCUT2D eigenvalue weighted by Crippen LogP contribution is -2.51. The van der Waals surface area contributed by atoms with Gasteiger partial charge in [-0.25, -0.2) is 0 Å². The van der Waals surface area contributed by atoms with Gasteiger partial charge in [-0.2, -0.15) is 0 Å². The van der Waals surface area contributed by atoms with E-state index in [2.05, 4.69) is 16.0 Å². The molecule has 1 saturated carbocycles. The molecule has 0 spiro atoms. The molecule has 0 aromatic heterocycles. The van der Waals surface area contributed by atoms with Crippen molar-refractivity contribution in [2.45, 2.75) is 52.0 Å². The third-order valence-electron chi connectivity index (χ3n) is 4.61. The second-order valence-corrected chi connectivity index (χ2v) is 6.50. The summed E-state index contributed by atoms with van der Waals surface area (Å²) in [6.07, 6.45) is 4.81. The van der Waals surface area contributed by atoms with Gasteiger partial charge in [0.25, 0.3) is 0 Å². The average molecular weight is 345 g/mol. The van der Waals surface area contributed by atoms with E-state index in [4.69, 9.17) is 0 Å². The van der Waals surface area contributed by atoms with Gasteiger partial charge in [-0.1, -0.05) is 38.0 Å². The van der Waals surface area contributed by atoms with E-state index >= 15 is 0 Å². The maximum Gasteiger partial charge on any atom is 0.243 e. The smallest absolute Gasteiger partial charge is 0.243 e. The number of carbonyl (C=O) groups excluding carboxylic acids is 3. The van der Waals surface area contributed by atoms with Crippen molar-refractivity contribution < 1.29 is 14.4 Å². The fourth-order valence-corrected chi connectivity index (χ4v) is 3.33. The zero-order valence-corrected chi connectivity index (χ0v) is 14.9. The first kappa shape index (κ1) is 19.0. The zero-order valence-electron chi connectivity index (χ0n) is 14.9. The molecule has 0 aliphatic heterocycles. The van der Waals surface area contributed by atoms with Gasteiger partial charge in [0.2, 0.25) is 17.7 Å². The third-order valence-corrected chi connectivity index (χ3v) is 4.61. The molecule has 6 heteroatoms. The van der Waals surface area contributed by atoms with Crippen molar-refractivity contribution >= 4 is 23.4 Å². The SMILES string of the molecule is CCc1ccccc1NC(=O)CNC(=O)C(NC(C)=O)C1CCCC1. The van der Waals surface area contributed by atoms with Crippen molar-refractivity contribution in [2.24, 2.45) is 5.92 Å². The lowest BCUT2D eigenvalue weighted by atomic mass is 9.97. The summed E-state index contributed by atoms with van der Waals surface area (Å²) in [7, 11) is 0. The number of carbonyl (C=O) groups is 3. The van der Waals surface area contributed by atoms with Crippen LogP contribution in [-0.4, -0.2) is 30.3 Å². The van der Waals surface area contributed by atoms with Gasteiger partial charge in [-0.3, -0.25) is 14.4 Å². The molecule has 25 heavy (non-hydrogen) atoms. The van der Waals surface area contributed by atoms with Gasteiger partial charge in [0.15, 0.2) is 0 Å². The van der Waals surface area contributed by atoms with Gasteiger partial charge in [0.05, 0.1) is 6.54 Å². The molecule has 1 aliphatic rings. The van der Waals surface area contributed by atoms with Crippen LogP contribution >= 0.6 is 0 Å². The molecule has 0 saturated heterocycles. The summed E-state index contributed by atoms with van der Waals surface area (Å²) in [6.45, 7) is 3.32. The number of amides is 3. The maximum atomic E-state index is 12.4. The highest BCUT2D eigenvalue weighted by Crippen LogP contribution is 2.27. The highest BCUT2D eigenvalue weighted by Gasteiger charge is 2.31. The quantitative estimate of drug-likeness (QED) is 0.706. The first-order valence-electron chi connectivity index (χ1n) is 8.93. The molecule has 6 nitrogen and oxygen atoms in total. The van der Waals surface area contributed by atoms with Gasteiger partial charge in [0, 0.05) is 12.6 Å². The molecule has 136 valence electrons. The molecule has 1 fully saturated rings. The second-order valence-electron chi connectivity index (χ2n) is 6.50. The minimum absolute atomic E-state index is 0.111. The Morgan fingerprint density at radius 2 is 1.84 bits per heavy atom. The summed E-state index contributed by atoms with van der Waals surface area (Å²) in [5, 5.41) is 8.21. The molecule has 1 atom stereocenters. The van der Waals surface area contributed by atoms with Crippen LogP contribution in [0.15, 0.2) is 24.3 Å². The Hall–Kier alpha value is -2.37. The van der Waals surface area contributed by atoms with E-state index < -0.39 is 6.04 Å². The Labute approximate surface area is 148 Å². The molecule has 1 aromatic rings. The molecule has 1 aromatic carbocycles. The van der Waals surface area contributed by atoms with Crippen LogP contribution in [-0.2, 0) is 20.8 Å². The van der Waals surface area contributed by atoms with E-state index in [1.165, 1.54) is 6.92 Å². The molecule has 0 radical (unpaired) electrons. The summed E-state index contributed by atoms with van der Waals surface area (Å²) in [4.78, 5) is 36.0. The average Bonchev–Trinajstić information content (AvgIpc) is 3.12. The number of benzene rings is 1. The third kappa shape index (κ3) is 5.59. The van der Waals surface area contributed by atoms with Crippen LogP contribution in [0, 0.1) is 5.92 Å². The summed E-state index contributed by atoms with van der Waals surface area (Å²) in [6, 6.07) is 7.03. The number of rotatable bonds is 7. The molecule has 0 bridgehead atoms. The maximum absolute atomic E-state index is 12.4. The fourth-order valence-electron chi connectivity index (χ4n) is 3.33. The van der Waals surface area contributed by atoms with Crippen molar-refractivity contribution in [1.82, 2.24) is 10.6 Å². The van der Waals surface area contributed by atoms with Gasteiger partial charge in [-0.05, 0) is 36.8 Å². The second kappa shape index (κ2) is 9.20. The molecular formula is C19H27N3O3. The lowest BCUT2D eigenvalue weighted by Gasteiger charge is -2.23. The minimum Gasteiger partial charge on any atom is -0.345 e. The Kier molecular flexibility index (Phi) is 6.98. The molecule has 1 unspecified atom stereocenters. The molecule has 2 rings (SSSR count). The van der Waals surface area contributed by atoms with Gasteiger partial charge < -0.3 is 16.0 Å². The van der Waals surface area contributed by atoms with Crippen molar-refractivity contribution in [2.75, 3.05) is 11.9 Å². The van der Waals surface area contributed by atoms with E-state index in [0.29, 0.717) is 0 Å². The summed E-state index contributed by atoms with van der Waals surface area (Å²) >= 11 is 0. The largest absolute Gasteiger partial charge is 0.345 e. The van der Waals surface area contributed by atoms with E-state index in [-0.39, 0.29) is 30.2 Å². The Balaban J connectivity index is 1.90. The highest BCUT2D eigenvalue weighted by molar-refractivity contribution is 5.96. The van der Waals surface area contributed by atoms with Crippen LogP contribution in [0.5, 0.6) is 0 Å². The molecule has 3 N–H and O–H groups in total. The van der Waals surface area contributed by atoms with E-state index in [1.807, 2.05) is 31.2 Å². The summed E-state index contributed by atoms with van der Waals surface area (Å²) in [5.74, 6) is -0.649. The topological polar surface area (TPSA) is 87.3 Å². The predicted molar refractivity (Wildman–Crippen MR) is 97.0 cm³/mol. The van der Waals surface area contributed by atoms with Crippen molar-refractivity contribution in [3.8, 4) is 0 Å². The van der Waals surface area contributed by atoms with E-state index in [1.54, 1.807) is 0 Å². The number of nitrogens with one attached hydrogen (secondary N) is 3. The van der Waals surface area contributed by atoms with Crippen LogP contribution in [0.2, 0.25) is 0 Å². The van der Waals surface area contributed by atoms with E-state index in [9.17, 15) is 14.4 Å². The number of para-hydroxylation sites is 1. The number of hydrogen-bond donors (Lipinski definition) is 3. The van der Waals surface area contributed by atoms with Gasteiger partial charge in [-0.15, -0.1) is 0 Å². The van der Waals surface area contributed by atoms with Crippen LogP contribution in [0.4, 0.5) is 5.69 Å². The standard InChI is InChI=1S/C19H27N3O3/c1-3-14-8-6-7-11-16(14)22-17(24)12-20-19(25)18(21-13(2)23)15-9-4-5-10-15/h6-8,11,15,18H,3-5,9-10,12H2,1-2H3,(H,20,25)(H,21,23)(H,22,24). The van der Waals surface area contributed by atoms with Crippen LogP contribution in [0.3, 0.4) is 0 Å². The Morgan fingerprint density at radius 1 is 1.16 bits per heavy atom. The minimum atomic E-state index is -0.560. The summed E-state index contributed by atoms with van der Waals surface area (Å²) in [5.41, 5.74) is 1.81. The molecular weight excluding hydrogens is 318 g/mol. The van der Waals surface area contributed by atoms with Crippen LogP contribution < -0.4 is 16.0 Å². The first-order chi connectivity index (χ1) is 12.0. The van der Waals surface area contributed by atoms with Gasteiger partial charge >= 0.3 is 0 Å². The Bertz CT molecular complexity index is 624. The first-order valence-corrected chi connectivity index (χ1v) is 8.93. The molecule has 0 heterocycles. The van der Waals surface area contributed by atoms with Crippen LogP contribution in [0.1, 0.15) is 45.1 Å². The molecule has 1 aliphatic carbocycles. The fraction of sp³-hybridized carbons (Fsp3) is 0.526. The number of aryl methyl sites for hydroxylation is 1. The van der Waals surface area contributed by atoms with Crippen LogP contribution in [0.25, 0.3) is 0 Å². The molecule has 3 amide bonds. The van der Waals surface area contributed by atoms with Crippen molar-refractivity contribution in [3.05, 3.63) is 29.8 Å². The predicted octanol–water partition coefficient (Wildman–Crippen LogP) is 2.00. The zero-order chi connectivity index (χ0) is 18.2. The van der Waals surface area contributed by atoms with Crippen molar-refractivity contribution in [3.63, 3.8) is 0 Å².